The van der Waals surface area contributed by atoms with Crippen molar-refractivity contribution in [2.45, 2.75) is 25.3 Å². The molecule has 6 heteroatoms. The van der Waals surface area contributed by atoms with Gasteiger partial charge in [-0.25, -0.2) is 4.79 Å². The maximum Gasteiger partial charge on any atom is 0.326 e. The predicted octanol–water partition coefficient (Wildman–Crippen LogP) is 0.667. The molecule has 1 heterocycles. The molecule has 0 aliphatic carbocycles. The van der Waals surface area contributed by atoms with Crippen LogP contribution in [0.1, 0.15) is 18.4 Å². The quantitative estimate of drug-likeness (QED) is 0.837. The largest absolute Gasteiger partial charge is 0.480 e. The summed E-state index contributed by atoms with van der Waals surface area (Å²) >= 11 is 0. The summed E-state index contributed by atoms with van der Waals surface area (Å²) in [4.78, 5) is 36.8. The molecular formula is C16H20N2O4. The molecule has 1 aliphatic heterocycles. The molecule has 118 valence electrons. The molecule has 6 nitrogen and oxygen atoms in total. The van der Waals surface area contributed by atoms with E-state index in [2.05, 4.69) is 5.32 Å². The zero-order valence-electron chi connectivity index (χ0n) is 12.5. The van der Waals surface area contributed by atoms with Crippen LogP contribution in [-0.4, -0.2) is 47.4 Å². The Bertz CT molecular complexity index is 559. The van der Waals surface area contributed by atoms with Gasteiger partial charge >= 0.3 is 5.97 Å². The lowest BCUT2D eigenvalue weighted by atomic mass is 9.95. The van der Waals surface area contributed by atoms with Gasteiger partial charge in [-0.1, -0.05) is 30.3 Å². The van der Waals surface area contributed by atoms with E-state index in [0.29, 0.717) is 13.0 Å². The third-order valence-corrected chi connectivity index (χ3v) is 3.93. The lowest BCUT2D eigenvalue weighted by molar-refractivity contribution is -0.144. The Morgan fingerprint density at radius 1 is 1.36 bits per heavy atom. The second kappa shape index (κ2) is 7.06. The van der Waals surface area contributed by atoms with Crippen molar-refractivity contribution in [3.63, 3.8) is 0 Å². The number of nitrogens with one attached hydrogen (secondary N) is 1. The Kier molecular flexibility index (Phi) is 5.14. The van der Waals surface area contributed by atoms with Crippen LogP contribution in [0.25, 0.3) is 0 Å². The summed E-state index contributed by atoms with van der Waals surface area (Å²) in [6, 6.07) is 8.16. The minimum Gasteiger partial charge on any atom is -0.480 e. The zero-order valence-corrected chi connectivity index (χ0v) is 12.5. The molecule has 2 unspecified atom stereocenters. The van der Waals surface area contributed by atoms with Crippen LogP contribution in [-0.2, 0) is 20.8 Å². The number of nitrogens with zero attached hydrogens (tertiary/aromatic N) is 1. The number of carbonyl (C=O) groups excluding carboxylic acids is 2. The number of carboxylic acids is 1. The molecule has 1 fully saturated rings. The third-order valence-electron chi connectivity index (χ3n) is 3.93. The summed E-state index contributed by atoms with van der Waals surface area (Å²) in [5.41, 5.74) is 0.842. The van der Waals surface area contributed by atoms with Gasteiger partial charge in [0.15, 0.2) is 0 Å². The van der Waals surface area contributed by atoms with Crippen molar-refractivity contribution in [2.75, 3.05) is 13.6 Å². The van der Waals surface area contributed by atoms with Crippen molar-refractivity contribution in [3.05, 3.63) is 35.9 Å². The molecule has 22 heavy (non-hydrogen) atoms. The maximum atomic E-state index is 12.2. The fraction of sp³-hybridized carbons (Fsp3) is 0.438. The number of hydrogen-bond acceptors (Lipinski definition) is 3. The fourth-order valence-corrected chi connectivity index (χ4v) is 2.51. The highest BCUT2D eigenvalue weighted by atomic mass is 16.4. The smallest absolute Gasteiger partial charge is 0.326 e. The van der Waals surface area contributed by atoms with Crippen molar-refractivity contribution in [1.29, 1.82) is 0 Å². The lowest BCUT2D eigenvalue weighted by Gasteiger charge is -2.28. The molecule has 2 amide bonds. The van der Waals surface area contributed by atoms with Crippen LogP contribution in [0.2, 0.25) is 0 Å². The van der Waals surface area contributed by atoms with Crippen molar-refractivity contribution >= 4 is 17.8 Å². The van der Waals surface area contributed by atoms with E-state index in [1.807, 2.05) is 30.3 Å². The van der Waals surface area contributed by atoms with E-state index in [4.69, 9.17) is 0 Å². The highest BCUT2D eigenvalue weighted by Gasteiger charge is 2.31. The number of piperidine rings is 1. The van der Waals surface area contributed by atoms with Gasteiger partial charge in [0.2, 0.25) is 11.8 Å². The van der Waals surface area contributed by atoms with Gasteiger partial charge in [0.25, 0.3) is 0 Å². The third kappa shape index (κ3) is 4.07. The van der Waals surface area contributed by atoms with Gasteiger partial charge in [-0.05, 0) is 12.0 Å². The molecule has 1 aliphatic rings. The average Bonchev–Trinajstić information content (AvgIpc) is 2.50. The first-order valence-electron chi connectivity index (χ1n) is 7.28. The summed E-state index contributed by atoms with van der Waals surface area (Å²) in [5.74, 6) is -1.95. The van der Waals surface area contributed by atoms with Gasteiger partial charge in [0.05, 0.1) is 0 Å². The van der Waals surface area contributed by atoms with E-state index in [9.17, 15) is 19.5 Å². The second-order valence-corrected chi connectivity index (χ2v) is 5.59. The summed E-state index contributed by atoms with van der Waals surface area (Å²) in [5, 5.41) is 11.8. The first-order valence-corrected chi connectivity index (χ1v) is 7.28. The summed E-state index contributed by atoms with van der Waals surface area (Å²) < 4.78 is 0. The van der Waals surface area contributed by atoms with Crippen LogP contribution >= 0.6 is 0 Å². The van der Waals surface area contributed by atoms with Gasteiger partial charge in [0, 0.05) is 32.4 Å². The standard InChI is InChI=1S/C16H20N2O4/c1-18-8-7-12(10-14(18)19)15(20)17-13(16(21)22)9-11-5-3-2-4-6-11/h2-6,12-13H,7-10H2,1H3,(H,17,20)(H,21,22). The minimum absolute atomic E-state index is 0.0821. The molecule has 1 aromatic carbocycles. The molecular weight excluding hydrogens is 284 g/mol. The summed E-state index contributed by atoms with van der Waals surface area (Å²) in [6.07, 6.45) is 0.925. The van der Waals surface area contributed by atoms with E-state index in [1.165, 1.54) is 0 Å². The minimum atomic E-state index is -1.07. The van der Waals surface area contributed by atoms with E-state index in [1.54, 1.807) is 11.9 Å². The van der Waals surface area contributed by atoms with E-state index in [-0.39, 0.29) is 24.7 Å². The predicted molar refractivity (Wildman–Crippen MR) is 80.1 cm³/mol. The Labute approximate surface area is 129 Å². The van der Waals surface area contributed by atoms with Gasteiger partial charge < -0.3 is 15.3 Å². The Balaban J connectivity index is 1.97. The topological polar surface area (TPSA) is 86.7 Å². The lowest BCUT2D eigenvalue weighted by Crippen LogP contribution is -2.48. The molecule has 1 saturated heterocycles. The maximum absolute atomic E-state index is 12.2. The highest BCUT2D eigenvalue weighted by molar-refractivity contribution is 5.89. The molecule has 2 rings (SSSR count). The van der Waals surface area contributed by atoms with E-state index in [0.717, 1.165) is 5.56 Å². The van der Waals surface area contributed by atoms with Crippen molar-refractivity contribution < 1.29 is 19.5 Å². The Morgan fingerprint density at radius 2 is 2.05 bits per heavy atom. The average molecular weight is 304 g/mol. The number of rotatable bonds is 5. The molecule has 2 N–H and O–H groups in total. The van der Waals surface area contributed by atoms with Crippen LogP contribution in [0, 0.1) is 5.92 Å². The van der Waals surface area contributed by atoms with Crippen LogP contribution in [0.4, 0.5) is 0 Å². The zero-order chi connectivity index (χ0) is 16.1. The highest BCUT2D eigenvalue weighted by Crippen LogP contribution is 2.17. The van der Waals surface area contributed by atoms with E-state index >= 15 is 0 Å². The normalized spacial score (nSPS) is 19.6. The molecule has 0 radical (unpaired) electrons. The molecule has 0 saturated carbocycles. The second-order valence-electron chi connectivity index (χ2n) is 5.59. The summed E-state index contributed by atoms with van der Waals surface area (Å²) in [6.45, 7) is 0.521. The summed E-state index contributed by atoms with van der Waals surface area (Å²) in [7, 11) is 1.70. The number of likely N-dealkylation sites (tertiary alicyclic amines) is 1. The number of benzene rings is 1. The van der Waals surface area contributed by atoms with Crippen LogP contribution < -0.4 is 5.32 Å². The Hall–Kier alpha value is -2.37. The number of carboxylic acid groups (broad SMARTS) is 1. The number of amides is 2. The first-order chi connectivity index (χ1) is 10.5. The van der Waals surface area contributed by atoms with Crippen LogP contribution in [0.5, 0.6) is 0 Å². The van der Waals surface area contributed by atoms with Gasteiger partial charge in [-0.3, -0.25) is 9.59 Å². The monoisotopic (exact) mass is 304 g/mol. The fourth-order valence-electron chi connectivity index (χ4n) is 2.51. The molecule has 0 aromatic heterocycles. The molecule has 0 bridgehead atoms. The molecule has 1 aromatic rings. The number of carbonyl (C=O) groups is 3. The molecule has 0 spiro atoms. The number of hydrogen-bond donors (Lipinski definition) is 2. The van der Waals surface area contributed by atoms with Crippen LogP contribution in [0.15, 0.2) is 30.3 Å². The molecule has 2 atom stereocenters. The van der Waals surface area contributed by atoms with Gasteiger partial charge in [0.1, 0.15) is 6.04 Å². The van der Waals surface area contributed by atoms with Gasteiger partial charge in [-0.2, -0.15) is 0 Å². The van der Waals surface area contributed by atoms with E-state index < -0.39 is 17.9 Å². The number of aliphatic carboxylic acids is 1. The SMILES string of the molecule is CN1CCC(C(=O)NC(Cc2ccccc2)C(=O)O)CC1=O. The Morgan fingerprint density at radius 3 is 2.64 bits per heavy atom. The van der Waals surface area contributed by atoms with Crippen molar-refractivity contribution in [2.24, 2.45) is 5.92 Å². The van der Waals surface area contributed by atoms with Crippen molar-refractivity contribution in [1.82, 2.24) is 10.2 Å². The van der Waals surface area contributed by atoms with Gasteiger partial charge in [-0.15, -0.1) is 0 Å². The van der Waals surface area contributed by atoms with Crippen LogP contribution in [0.3, 0.4) is 0 Å². The first kappa shape index (κ1) is 16.0. The van der Waals surface area contributed by atoms with Crippen molar-refractivity contribution in [3.8, 4) is 0 Å².